The summed E-state index contributed by atoms with van der Waals surface area (Å²) >= 11 is 6.25. The van der Waals surface area contributed by atoms with Crippen LogP contribution in [0, 0.1) is 0 Å². The van der Waals surface area contributed by atoms with Gasteiger partial charge >= 0.3 is 11.9 Å². The van der Waals surface area contributed by atoms with Crippen molar-refractivity contribution in [3.8, 4) is 5.75 Å². The average molecular weight is 681 g/mol. The lowest BCUT2D eigenvalue weighted by atomic mass is 10.0. The molecule has 0 bridgehead atoms. The maximum atomic E-state index is 14.8. The lowest BCUT2D eigenvalue weighted by molar-refractivity contribution is -0.142. The number of hydrogen-bond donors (Lipinski definition) is 1. The van der Waals surface area contributed by atoms with E-state index in [0.29, 0.717) is 11.3 Å². The molecular formula is C37H32N2O7S2. The van der Waals surface area contributed by atoms with E-state index in [4.69, 9.17) is 21.7 Å². The molecule has 11 heteroatoms. The molecule has 0 saturated carbocycles. The highest BCUT2D eigenvalue weighted by atomic mass is 32.2. The molecule has 4 aromatic rings. The lowest BCUT2D eigenvalue weighted by Crippen LogP contribution is -2.37. The minimum atomic E-state index is -1.18. The van der Waals surface area contributed by atoms with E-state index < -0.39 is 36.3 Å². The van der Waals surface area contributed by atoms with E-state index in [1.54, 1.807) is 29.2 Å². The number of thiocarbonyl (C=S) groups is 1. The van der Waals surface area contributed by atoms with Crippen LogP contribution in [0.25, 0.3) is 6.08 Å². The maximum Gasteiger partial charge on any atom is 0.323 e. The van der Waals surface area contributed by atoms with E-state index in [-0.39, 0.29) is 34.5 Å². The van der Waals surface area contributed by atoms with Crippen molar-refractivity contribution in [2.24, 2.45) is 0 Å². The van der Waals surface area contributed by atoms with Crippen LogP contribution in [0.4, 0.5) is 0 Å². The quantitative estimate of drug-likeness (QED) is 0.0961. The van der Waals surface area contributed by atoms with Gasteiger partial charge in [-0.25, -0.2) is 0 Å². The predicted molar refractivity (Wildman–Crippen MR) is 187 cm³/mol. The van der Waals surface area contributed by atoms with Crippen LogP contribution in [0.2, 0.25) is 0 Å². The summed E-state index contributed by atoms with van der Waals surface area (Å²) in [7, 11) is 0. The molecule has 0 unspecified atom stereocenters. The van der Waals surface area contributed by atoms with Crippen molar-refractivity contribution >= 4 is 58.1 Å². The summed E-state index contributed by atoms with van der Waals surface area (Å²) in [5.41, 5.74) is 3.27. The minimum absolute atomic E-state index is 0.0795. The Morgan fingerprint density at radius 3 is 2.17 bits per heavy atom. The number of amides is 2. The molecule has 244 valence electrons. The normalized spacial score (nSPS) is 14.1. The van der Waals surface area contributed by atoms with Crippen molar-refractivity contribution in [2.75, 3.05) is 13.2 Å². The van der Waals surface area contributed by atoms with Gasteiger partial charge in [-0.05, 0) is 40.5 Å². The first-order chi connectivity index (χ1) is 23.2. The zero-order valence-corrected chi connectivity index (χ0v) is 27.6. The number of carbonyl (C=O) groups excluding carboxylic acids is 3. The van der Waals surface area contributed by atoms with Crippen LogP contribution in [-0.2, 0) is 32.3 Å². The highest BCUT2D eigenvalue weighted by Crippen LogP contribution is 2.34. The third-order valence-electron chi connectivity index (χ3n) is 7.40. The Labute approximate surface area is 287 Å². The van der Waals surface area contributed by atoms with Crippen LogP contribution in [0.3, 0.4) is 0 Å². The van der Waals surface area contributed by atoms with Gasteiger partial charge in [0.2, 0.25) is 0 Å². The Morgan fingerprint density at radius 2 is 1.54 bits per heavy atom. The van der Waals surface area contributed by atoms with Crippen molar-refractivity contribution in [2.45, 2.75) is 26.1 Å². The van der Waals surface area contributed by atoms with Gasteiger partial charge in [-0.15, -0.1) is 0 Å². The third kappa shape index (κ3) is 8.75. The van der Waals surface area contributed by atoms with E-state index in [1.807, 2.05) is 91.0 Å². The summed E-state index contributed by atoms with van der Waals surface area (Å²) in [5.74, 6) is -2.26. The second kappa shape index (κ2) is 16.0. The number of rotatable bonds is 13. The monoisotopic (exact) mass is 680 g/mol. The van der Waals surface area contributed by atoms with Gasteiger partial charge in [-0.2, -0.15) is 0 Å². The van der Waals surface area contributed by atoms with Crippen LogP contribution in [0.5, 0.6) is 5.75 Å². The topological polar surface area (TPSA) is 113 Å². The molecule has 1 aliphatic rings. The van der Waals surface area contributed by atoms with Crippen molar-refractivity contribution in [3.05, 3.63) is 142 Å². The van der Waals surface area contributed by atoms with Crippen molar-refractivity contribution in [1.82, 2.24) is 9.80 Å². The molecule has 48 heavy (non-hydrogen) atoms. The summed E-state index contributed by atoms with van der Waals surface area (Å²) in [6.07, 6.45) is 1.58. The first-order valence-electron chi connectivity index (χ1n) is 15.0. The molecule has 1 atom stereocenters. The van der Waals surface area contributed by atoms with Gasteiger partial charge < -0.3 is 19.5 Å². The zero-order valence-electron chi connectivity index (χ0n) is 26.0. The molecule has 1 saturated heterocycles. The lowest BCUT2D eigenvalue weighted by Gasteiger charge is -2.32. The molecule has 9 nitrogen and oxygen atoms in total. The van der Waals surface area contributed by atoms with E-state index in [0.717, 1.165) is 33.4 Å². The maximum absolute atomic E-state index is 14.8. The standard InChI is InChI=1S/C37H32N2O7S2/c1-25(40)45-24-31(29-15-9-4-10-16-29)38(21-26-11-5-2-6-12-26)35(43)30-19-28(17-18-32(30)46-23-27-13-7-3-8-14-27)20-33-36(44)39(22-34(41)42)37(47)48-33/h2-20,31H,21-24H2,1H3,(H,41,42)/t31-/m0/s1. The molecule has 0 aromatic heterocycles. The van der Waals surface area contributed by atoms with E-state index >= 15 is 0 Å². The second-order valence-corrected chi connectivity index (χ2v) is 12.5. The second-order valence-electron chi connectivity index (χ2n) is 10.8. The highest BCUT2D eigenvalue weighted by Gasteiger charge is 2.34. The van der Waals surface area contributed by atoms with Crippen LogP contribution in [0.1, 0.15) is 45.6 Å². The summed E-state index contributed by atoms with van der Waals surface area (Å²) in [5, 5.41) is 9.23. The van der Waals surface area contributed by atoms with Gasteiger partial charge in [0.05, 0.1) is 16.5 Å². The molecular weight excluding hydrogens is 649 g/mol. The number of benzene rings is 4. The van der Waals surface area contributed by atoms with Gasteiger partial charge in [-0.3, -0.25) is 24.1 Å². The predicted octanol–water partition coefficient (Wildman–Crippen LogP) is 6.50. The zero-order chi connectivity index (χ0) is 34.0. The molecule has 0 spiro atoms. The molecule has 1 fully saturated rings. The van der Waals surface area contributed by atoms with Crippen LogP contribution in [-0.4, -0.2) is 56.1 Å². The van der Waals surface area contributed by atoms with E-state index in [1.165, 1.54) is 6.92 Å². The number of esters is 1. The fraction of sp³-hybridized carbons (Fsp3) is 0.162. The van der Waals surface area contributed by atoms with Gasteiger partial charge in [0.1, 0.15) is 29.8 Å². The fourth-order valence-corrected chi connectivity index (χ4v) is 6.34. The Bertz CT molecular complexity index is 1830. The number of aliphatic carboxylic acids is 1. The van der Waals surface area contributed by atoms with Crippen molar-refractivity contribution in [1.29, 1.82) is 0 Å². The largest absolute Gasteiger partial charge is 0.488 e. The molecule has 1 heterocycles. The molecule has 1 N–H and O–H groups in total. The van der Waals surface area contributed by atoms with Gasteiger partial charge in [0.15, 0.2) is 0 Å². The highest BCUT2D eigenvalue weighted by molar-refractivity contribution is 8.26. The van der Waals surface area contributed by atoms with E-state index in [2.05, 4.69) is 0 Å². The Balaban J connectivity index is 1.59. The number of ether oxygens (including phenoxy) is 2. The van der Waals surface area contributed by atoms with Crippen LogP contribution in [0.15, 0.2) is 114 Å². The first kappa shape index (κ1) is 34.1. The summed E-state index contributed by atoms with van der Waals surface area (Å²) < 4.78 is 11.9. The number of thioether (sulfide) groups is 1. The number of carboxylic acid groups (broad SMARTS) is 1. The number of carbonyl (C=O) groups is 4. The number of nitrogens with zero attached hydrogens (tertiary/aromatic N) is 2. The summed E-state index contributed by atoms with van der Waals surface area (Å²) in [4.78, 5) is 54.1. The number of hydrogen-bond acceptors (Lipinski definition) is 8. The molecule has 0 radical (unpaired) electrons. The summed E-state index contributed by atoms with van der Waals surface area (Å²) in [6.45, 7) is 1.09. The smallest absolute Gasteiger partial charge is 0.323 e. The Kier molecular flexibility index (Phi) is 11.4. The SMILES string of the molecule is CC(=O)OC[C@@H](c1ccccc1)N(Cc1ccccc1)C(=O)c1cc(C=C2SC(=S)N(CC(=O)O)C2=O)ccc1OCc1ccccc1. The molecule has 1 aliphatic heterocycles. The molecule has 0 aliphatic carbocycles. The molecule has 5 rings (SSSR count). The third-order valence-corrected chi connectivity index (χ3v) is 8.78. The van der Waals surface area contributed by atoms with Gasteiger partial charge in [-0.1, -0.05) is 121 Å². The van der Waals surface area contributed by atoms with Gasteiger partial charge in [0.25, 0.3) is 11.8 Å². The Hall–Kier alpha value is -5.26. The molecule has 2 amide bonds. The number of carboxylic acids is 1. The van der Waals surface area contributed by atoms with Crippen molar-refractivity contribution < 1.29 is 33.8 Å². The van der Waals surface area contributed by atoms with Gasteiger partial charge in [0, 0.05) is 13.5 Å². The van der Waals surface area contributed by atoms with Crippen molar-refractivity contribution in [3.63, 3.8) is 0 Å². The Morgan fingerprint density at radius 1 is 0.917 bits per heavy atom. The van der Waals surface area contributed by atoms with Crippen LogP contribution >= 0.6 is 24.0 Å². The van der Waals surface area contributed by atoms with E-state index in [9.17, 15) is 24.3 Å². The average Bonchev–Trinajstić information content (AvgIpc) is 3.34. The fourth-order valence-electron chi connectivity index (χ4n) is 5.08. The minimum Gasteiger partial charge on any atom is -0.488 e. The molecule has 4 aromatic carbocycles. The first-order valence-corrected chi connectivity index (χ1v) is 16.2. The summed E-state index contributed by atoms with van der Waals surface area (Å²) in [6, 6.07) is 32.7. The van der Waals surface area contributed by atoms with Crippen LogP contribution < -0.4 is 4.74 Å².